The van der Waals surface area contributed by atoms with Gasteiger partial charge in [-0.25, -0.2) is 0 Å². The van der Waals surface area contributed by atoms with Crippen LogP contribution in [0.4, 0.5) is 5.69 Å². The van der Waals surface area contributed by atoms with E-state index in [0.717, 1.165) is 18.4 Å². The van der Waals surface area contributed by atoms with E-state index in [1.165, 1.54) is 10.6 Å². The molecule has 0 saturated carbocycles. The van der Waals surface area contributed by atoms with Crippen LogP contribution < -0.4 is 10.9 Å². The van der Waals surface area contributed by atoms with Gasteiger partial charge in [-0.05, 0) is 43.5 Å². The maximum Gasteiger partial charge on any atom is 0.254 e. The third-order valence-corrected chi connectivity index (χ3v) is 5.65. The molecule has 3 aromatic rings. The van der Waals surface area contributed by atoms with Crippen molar-refractivity contribution in [2.45, 2.75) is 26.3 Å². The lowest BCUT2D eigenvalue weighted by Crippen LogP contribution is -2.32. The van der Waals surface area contributed by atoms with Gasteiger partial charge in [0.25, 0.3) is 11.5 Å². The van der Waals surface area contributed by atoms with Gasteiger partial charge in [-0.15, -0.1) is 0 Å². The summed E-state index contributed by atoms with van der Waals surface area (Å²) in [5.74, 6) is -0.474. The Bertz CT molecular complexity index is 1200. The number of pyridine rings is 1. The van der Waals surface area contributed by atoms with Gasteiger partial charge in [-0.3, -0.25) is 19.0 Å². The molecule has 0 bridgehead atoms. The summed E-state index contributed by atoms with van der Waals surface area (Å²) in [5.41, 5.74) is 2.04. The lowest BCUT2D eigenvalue weighted by Gasteiger charge is -2.18. The summed E-state index contributed by atoms with van der Waals surface area (Å²) in [6.45, 7) is 3.12. The summed E-state index contributed by atoms with van der Waals surface area (Å²) in [6, 6.07) is 13.8. The van der Waals surface area contributed by atoms with E-state index in [0.29, 0.717) is 40.3 Å². The van der Waals surface area contributed by atoms with Crippen molar-refractivity contribution >= 4 is 40.0 Å². The highest BCUT2D eigenvalue weighted by Gasteiger charge is 2.23. The predicted octanol–water partition coefficient (Wildman–Crippen LogP) is 3.84. The molecule has 0 unspecified atom stereocenters. The molecule has 2 aromatic carbocycles. The van der Waals surface area contributed by atoms with Crippen LogP contribution in [0, 0.1) is 6.92 Å². The molecule has 1 aliphatic heterocycles. The van der Waals surface area contributed by atoms with Crippen molar-refractivity contribution in [1.82, 2.24) is 9.47 Å². The highest BCUT2D eigenvalue weighted by atomic mass is 35.5. The molecular weight excluding hydrogens is 402 g/mol. The number of carbonyl (C=O) groups excluding carboxylic acids is 2. The molecule has 2 amide bonds. The van der Waals surface area contributed by atoms with Crippen LogP contribution in [0.3, 0.4) is 0 Å². The van der Waals surface area contributed by atoms with Crippen LogP contribution in [0.2, 0.25) is 5.02 Å². The van der Waals surface area contributed by atoms with Gasteiger partial charge >= 0.3 is 0 Å². The Labute approximate surface area is 179 Å². The number of para-hydroxylation sites is 1. The molecule has 7 heteroatoms. The Morgan fingerprint density at radius 3 is 2.57 bits per heavy atom. The van der Waals surface area contributed by atoms with Crippen molar-refractivity contribution in [1.29, 1.82) is 0 Å². The largest absolute Gasteiger partial charge is 0.339 e. The summed E-state index contributed by atoms with van der Waals surface area (Å²) in [4.78, 5) is 40.3. The average molecular weight is 424 g/mol. The quantitative estimate of drug-likeness (QED) is 0.693. The summed E-state index contributed by atoms with van der Waals surface area (Å²) in [5, 5.41) is 4.00. The van der Waals surface area contributed by atoms with Crippen LogP contribution in [0.15, 0.2) is 53.3 Å². The molecule has 1 fully saturated rings. The number of halogens is 1. The minimum absolute atomic E-state index is 0.132. The number of fused-ring (bicyclic) bond motifs is 1. The molecule has 0 radical (unpaired) electrons. The average Bonchev–Trinajstić information content (AvgIpc) is 3.27. The minimum atomic E-state index is -0.380. The van der Waals surface area contributed by atoms with Crippen LogP contribution in [-0.4, -0.2) is 34.4 Å². The van der Waals surface area contributed by atoms with Gasteiger partial charge in [0.05, 0.1) is 11.1 Å². The van der Waals surface area contributed by atoms with Gasteiger partial charge in [0.2, 0.25) is 5.91 Å². The Kier molecular flexibility index (Phi) is 5.59. The number of nitrogens with one attached hydrogen (secondary N) is 1. The first-order valence-electron chi connectivity index (χ1n) is 9.92. The number of aromatic nitrogens is 1. The normalized spacial score (nSPS) is 13.6. The third-order valence-electron chi connectivity index (χ3n) is 5.42. The van der Waals surface area contributed by atoms with Crippen LogP contribution in [0.25, 0.3) is 10.9 Å². The van der Waals surface area contributed by atoms with Gasteiger partial charge in [-0.1, -0.05) is 35.9 Å². The van der Waals surface area contributed by atoms with E-state index in [1.54, 1.807) is 29.2 Å². The highest BCUT2D eigenvalue weighted by molar-refractivity contribution is 6.31. The number of anilines is 1. The van der Waals surface area contributed by atoms with Gasteiger partial charge < -0.3 is 10.2 Å². The zero-order valence-corrected chi connectivity index (χ0v) is 17.4. The fourth-order valence-corrected chi connectivity index (χ4v) is 4.00. The van der Waals surface area contributed by atoms with Crippen LogP contribution in [0.1, 0.15) is 28.8 Å². The van der Waals surface area contributed by atoms with Crippen LogP contribution >= 0.6 is 11.6 Å². The fourth-order valence-electron chi connectivity index (χ4n) is 3.83. The molecule has 1 aliphatic rings. The standard InChI is InChI=1S/C23H22ClN3O3/c1-15-8-9-16(24)12-19(15)25-21(28)14-27-20-7-3-2-6-17(20)18(13-22(27)29)23(30)26-10-4-5-11-26/h2-3,6-9,12-13H,4-5,10-11,14H2,1H3,(H,25,28). The van der Waals surface area contributed by atoms with Crippen molar-refractivity contribution in [3.63, 3.8) is 0 Å². The summed E-state index contributed by atoms with van der Waals surface area (Å²) < 4.78 is 1.39. The summed E-state index contributed by atoms with van der Waals surface area (Å²) >= 11 is 6.02. The first kappa shape index (κ1) is 20.2. The van der Waals surface area contributed by atoms with E-state index in [2.05, 4.69) is 5.32 Å². The Morgan fingerprint density at radius 1 is 1.07 bits per heavy atom. The Morgan fingerprint density at radius 2 is 1.80 bits per heavy atom. The van der Waals surface area contributed by atoms with E-state index in [9.17, 15) is 14.4 Å². The monoisotopic (exact) mass is 423 g/mol. The van der Waals surface area contributed by atoms with Gasteiger partial charge in [0, 0.05) is 35.3 Å². The number of carbonyl (C=O) groups is 2. The predicted molar refractivity (Wildman–Crippen MR) is 118 cm³/mol. The van der Waals surface area contributed by atoms with E-state index in [4.69, 9.17) is 11.6 Å². The molecule has 154 valence electrons. The number of hydrogen-bond donors (Lipinski definition) is 1. The van der Waals surface area contributed by atoms with E-state index in [1.807, 2.05) is 25.1 Å². The smallest absolute Gasteiger partial charge is 0.254 e. The molecule has 6 nitrogen and oxygen atoms in total. The first-order valence-corrected chi connectivity index (χ1v) is 10.3. The number of benzene rings is 2. The van der Waals surface area contributed by atoms with Crippen molar-refractivity contribution < 1.29 is 9.59 Å². The zero-order chi connectivity index (χ0) is 21.3. The number of amides is 2. The molecule has 4 rings (SSSR count). The van der Waals surface area contributed by atoms with Crippen LogP contribution in [-0.2, 0) is 11.3 Å². The van der Waals surface area contributed by atoms with E-state index < -0.39 is 0 Å². The first-order chi connectivity index (χ1) is 14.4. The maximum atomic E-state index is 12.9. The summed E-state index contributed by atoms with van der Waals surface area (Å²) in [6.07, 6.45) is 1.95. The minimum Gasteiger partial charge on any atom is -0.339 e. The lowest BCUT2D eigenvalue weighted by molar-refractivity contribution is -0.116. The zero-order valence-electron chi connectivity index (χ0n) is 16.7. The Hall–Kier alpha value is -3.12. The molecule has 2 heterocycles. The van der Waals surface area contributed by atoms with Gasteiger partial charge in [0.15, 0.2) is 0 Å². The van der Waals surface area contributed by atoms with Crippen LogP contribution in [0.5, 0.6) is 0 Å². The molecule has 1 saturated heterocycles. The third kappa shape index (κ3) is 3.96. The topological polar surface area (TPSA) is 71.4 Å². The number of likely N-dealkylation sites (tertiary alicyclic amines) is 1. The molecule has 30 heavy (non-hydrogen) atoms. The van der Waals surface area contributed by atoms with E-state index in [-0.39, 0.29) is 23.9 Å². The SMILES string of the molecule is Cc1ccc(Cl)cc1NC(=O)Cn1c(=O)cc(C(=O)N2CCCC2)c2ccccc21. The second kappa shape index (κ2) is 8.32. The number of hydrogen-bond acceptors (Lipinski definition) is 3. The second-order valence-electron chi connectivity index (χ2n) is 7.51. The van der Waals surface area contributed by atoms with Gasteiger partial charge in [-0.2, -0.15) is 0 Å². The fraction of sp³-hybridized carbons (Fsp3) is 0.261. The number of nitrogens with zero attached hydrogens (tertiary/aromatic N) is 2. The Balaban J connectivity index is 1.68. The second-order valence-corrected chi connectivity index (χ2v) is 7.94. The van der Waals surface area contributed by atoms with Crippen molar-refractivity contribution in [3.05, 3.63) is 75.0 Å². The highest BCUT2D eigenvalue weighted by Crippen LogP contribution is 2.22. The molecule has 1 aromatic heterocycles. The lowest BCUT2D eigenvalue weighted by atomic mass is 10.1. The number of aryl methyl sites for hydroxylation is 1. The number of rotatable bonds is 4. The molecule has 0 spiro atoms. The van der Waals surface area contributed by atoms with Crippen molar-refractivity contribution in [2.24, 2.45) is 0 Å². The molecule has 1 N–H and O–H groups in total. The van der Waals surface area contributed by atoms with Gasteiger partial charge in [0.1, 0.15) is 6.54 Å². The van der Waals surface area contributed by atoms with Crippen molar-refractivity contribution in [2.75, 3.05) is 18.4 Å². The summed E-state index contributed by atoms with van der Waals surface area (Å²) in [7, 11) is 0. The maximum absolute atomic E-state index is 12.9. The van der Waals surface area contributed by atoms with E-state index >= 15 is 0 Å². The molecule has 0 atom stereocenters. The molecular formula is C23H22ClN3O3. The molecule has 0 aliphatic carbocycles. The van der Waals surface area contributed by atoms with Crippen molar-refractivity contribution in [3.8, 4) is 0 Å².